The standard InChI is InChI=1S/C26H28N2O5S/c1-20(33-26(30)23-14-16-24(17-15-23)34(31,32)27(2)3)25(29)28(18-21-10-6-4-7-11-21)19-22-12-8-5-9-13-22/h4-17,20H,18-19H2,1-3H3/t20-/m0/s1. The largest absolute Gasteiger partial charge is 0.449 e. The second kappa shape index (κ2) is 11.1. The molecule has 1 amide bonds. The van der Waals surface area contributed by atoms with E-state index in [-0.39, 0.29) is 16.4 Å². The van der Waals surface area contributed by atoms with E-state index in [2.05, 4.69) is 0 Å². The SMILES string of the molecule is C[C@H](OC(=O)c1ccc(S(=O)(=O)N(C)C)cc1)C(=O)N(Cc1ccccc1)Cc1ccccc1. The molecule has 0 unspecified atom stereocenters. The van der Waals surface area contributed by atoms with Crippen LogP contribution >= 0.6 is 0 Å². The number of benzene rings is 3. The minimum atomic E-state index is -3.61. The zero-order chi connectivity index (χ0) is 24.7. The maximum absolute atomic E-state index is 13.2. The second-order valence-corrected chi connectivity index (χ2v) is 10.2. The lowest BCUT2D eigenvalue weighted by Crippen LogP contribution is -2.39. The normalized spacial score (nSPS) is 12.2. The Morgan fingerprint density at radius 2 is 1.26 bits per heavy atom. The lowest BCUT2D eigenvalue weighted by atomic mass is 10.1. The van der Waals surface area contributed by atoms with Gasteiger partial charge in [-0.2, -0.15) is 0 Å². The van der Waals surface area contributed by atoms with Crippen molar-refractivity contribution in [3.8, 4) is 0 Å². The molecule has 178 valence electrons. The molecule has 1 atom stereocenters. The van der Waals surface area contributed by atoms with Crippen LogP contribution in [-0.4, -0.2) is 49.7 Å². The molecule has 0 fully saturated rings. The van der Waals surface area contributed by atoms with Crippen molar-refractivity contribution in [2.75, 3.05) is 14.1 Å². The molecule has 0 aliphatic carbocycles. The molecule has 0 aliphatic heterocycles. The fourth-order valence-electron chi connectivity index (χ4n) is 3.33. The maximum Gasteiger partial charge on any atom is 0.338 e. The van der Waals surface area contributed by atoms with E-state index in [1.54, 1.807) is 4.90 Å². The third kappa shape index (κ3) is 6.30. The van der Waals surface area contributed by atoms with Crippen molar-refractivity contribution in [2.45, 2.75) is 31.0 Å². The van der Waals surface area contributed by atoms with Gasteiger partial charge in [0.25, 0.3) is 5.91 Å². The van der Waals surface area contributed by atoms with Crippen LogP contribution in [0.5, 0.6) is 0 Å². The highest BCUT2D eigenvalue weighted by molar-refractivity contribution is 7.89. The van der Waals surface area contributed by atoms with E-state index in [9.17, 15) is 18.0 Å². The van der Waals surface area contributed by atoms with Gasteiger partial charge in [-0.1, -0.05) is 60.7 Å². The summed E-state index contributed by atoms with van der Waals surface area (Å²) >= 11 is 0. The molecule has 0 heterocycles. The summed E-state index contributed by atoms with van der Waals surface area (Å²) in [4.78, 5) is 27.6. The highest BCUT2D eigenvalue weighted by Crippen LogP contribution is 2.17. The van der Waals surface area contributed by atoms with Crippen LogP contribution in [0.4, 0.5) is 0 Å². The van der Waals surface area contributed by atoms with Gasteiger partial charge in [0.1, 0.15) is 0 Å². The van der Waals surface area contributed by atoms with Crippen LogP contribution in [0.25, 0.3) is 0 Å². The van der Waals surface area contributed by atoms with E-state index in [1.807, 2.05) is 60.7 Å². The molecule has 3 rings (SSSR count). The number of amides is 1. The highest BCUT2D eigenvalue weighted by Gasteiger charge is 2.25. The molecular weight excluding hydrogens is 452 g/mol. The smallest absolute Gasteiger partial charge is 0.338 e. The first-order valence-corrected chi connectivity index (χ1v) is 12.2. The van der Waals surface area contributed by atoms with Gasteiger partial charge in [-0.15, -0.1) is 0 Å². The third-order valence-corrected chi connectivity index (χ3v) is 7.07. The molecule has 34 heavy (non-hydrogen) atoms. The predicted octanol–water partition coefficient (Wildman–Crippen LogP) is 3.71. The highest BCUT2D eigenvalue weighted by atomic mass is 32.2. The molecular formula is C26H28N2O5S. The fraction of sp³-hybridized carbons (Fsp3) is 0.231. The lowest BCUT2D eigenvalue weighted by Gasteiger charge is -2.26. The van der Waals surface area contributed by atoms with Crippen LogP contribution in [0.2, 0.25) is 0 Å². The number of hydrogen-bond acceptors (Lipinski definition) is 5. The van der Waals surface area contributed by atoms with Crippen molar-refractivity contribution in [2.24, 2.45) is 0 Å². The Morgan fingerprint density at radius 1 is 0.794 bits per heavy atom. The molecule has 0 N–H and O–H groups in total. The van der Waals surface area contributed by atoms with Crippen LogP contribution in [0.3, 0.4) is 0 Å². The van der Waals surface area contributed by atoms with Crippen molar-refractivity contribution in [1.29, 1.82) is 0 Å². The van der Waals surface area contributed by atoms with Gasteiger partial charge < -0.3 is 9.64 Å². The van der Waals surface area contributed by atoms with Crippen molar-refractivity contribution in [3.05, 3.63) is 102 Å². The molecule has 0 saturated carbocycles. The van der Waals surface area contributed by atoms with E-state index in [4.69, 9.17) is 4.74 Å². The van der Waals surface area contributed by atoms with Gasteiger partial charge in [0.2, 0.25) is 10.0 Å². The Labute approximate surface area is 200 Å². The van der Waals surface area contributed by atoms with Gasteiger partial charge in [-0.3, -0.25) is 4.79 Å². The molecule has 0 aliphatic rings. The van der Waals surface area contributed by atoms with E-state index in [1.165, 1.54) is 45.3 Å². The van der Waals surface area contributed by atoms with Crippen molar-refractivity contribution < 1.29 is 22.7 Å². The average Bonchev–Trinajstić information content (AvgIpc) is 2.84. The van der Waals surface area contributed by atoms with Crippen molar-refractivity contribution >= 4 is 21.9 Å². The minimum absolute atomic E-state index is 0.0649. The summed E-state index contributed by atoms with van der Waals surface area (Å²) in [6, 6.07) is 24.6. The van der Waals surface area contributed by atoms with E-state index < -0.39 is 22.1 Å². The van der Waals surface area contributed by atoms with Crippen molar-refractivity contribution in [3.63, 3.8) is 0 Å². The molecule has 8 heteroatoms. The molecule has 0 radical (unpaired) electrons. The van der Waals surface area contributed by atoms with Crippen molar-refractivity contribution in [1.82, 2.24) is 9.21 Å². The number of carbonyl (C=O) groups excluding carboxylic acids is 2. The van der Waals surface area contributed by atoms with Crippen LogP contribution in [-0.2, 0) is 32.6 Å². The number of esters is 1. The average molecular weight is 481 g/mol. The van der Waals surface area contributed by atoms with Gasteiger partial charge in [0.15, 0.2) is 6.10 Å². The van der Waals surface area contributed by atoms with Crippen LogP contribution in [0.15, 0.2) is 89.8 Å². The number of hydrogen-bond donors (Lipinski definition) is 0. The summed E-state index contributed by atoms with van der Waals surface area (Å²) < 4.78 is 31.0. The summed E-state index contributed by atoms with van der Waals surface area (Å²) in [6.45, 7) is 2.27. The Hall–Kier alpha value is -3.49. The summed E-state index contributed by atoms with van der Waals surface area (Å²) in [5.74, 6) is -1.03. The Kier molecular flexibility index (Phi) is 8.20. The molecule has 3 aromatic carbocycles. The summed E-state index contributed by atoms with van der Waals surface area (Å²) in [5.41, 5.74) is 2.08. The maximum atomic E-state index is 13.2. The lowest BCUT2D eigenvalue weighted by molar-refractivity contribution is -0.141. The molecule has 0 bridgehead atoms. The molecule has 0 aromatic heterocycles. The van der Waals surface area contributed by atoms with Gasteiger partial charge in [0.05, 0.1) is 10.5 Å². The summed E-state index contributed by atoms with van der Waals surface area (Å²) in [7, 11) is -0.742. The van der Waals surface area contributed by atoms with Crippen LogP contribution < -0.4 is 0 Å². The number of sulfonamides is 1. The molecule has 0 saturated heterocycles. The van der Waals surface area contributed by atoms with E-state index in [0.717, 1.165) is 15.4 Å². The quantitative estimate of drug-likeness (QED) is 0.436. The monoisotopic (exact) mass is 480 g/mol. The predicted molar refractivity (Wildman–Crippen MR) is 129 cm³/mol. The first-order chi connectivity index (χ1) is 16.2. The van der Waals surface area contributed by atoms with E-state index in [0.29, 0.717) is 13.1 Å². The van der Waals surface area contributed by atoms with Gasteiger partial charge in [0, 0.05) is 27.2 Å². The Morgan fingerprint density at radius 3 is 1.71 bits per heavy atom. The number of nitrogens with zero attached hydrogens (tertiary/aromatic N) is 2. The second-order valence-electron chi connectivity index (χ2n) is 8.02. The van der Waals surface area contributed by atoms with Gasteiger partial charge in [-0.05, 0) is 42.3 Å². The fourth-order valence-corrected chi connectivity index (χ4v) is 4.23. The minimum Gasteiger partial charge on any atom is -0.449 e. The molecule has 0 spiro atoms. The number of ether oxygens (including phenoxy) is 1. The van der Waals surface area contributed by atoms with Gasteiger partial charge >= 0.3 is 5.97 Å². The Balaban J connectivity index is 1.73. The first-order valence-electron chi connectivity index (χ1n) is 10.8. The van der Waals surface area contributed by atoms with Crippen LogP contribution in [0, 0.1) is 0 Å². The van der Waals surface area contributed by atoms with E-state index >= 15 is 0 Å². The topological polar surface area (TPSA) is 84.0 Å². The molecule has 7 nitrogen and oxygen atoms in total. The first kappa shape index (κ1) is 25.1. The zero-order valence-electron chi connectivity index (χ0n) is 19.4. The number of rotatable bonds is 9. The molecule has 3 aromatic rings. The summed E-state index contributed by atoms with van der Waals surface area (Å²) in [6.07, 6.45) is -1.02. The summed E-state index contributed by atoms with van der Waals surface area (Å²) in [5, 5.41) is 0. The number of carbonyl (C=O) groups is 2. The van der Waals surface area contributed by atoms with Crippen LogP contribution in [0.1, 0.15) is 28.4 Å². The third-order valence-electron chi connectivity index (χ3n) is 5.24. The zero-order valence-corrected chi connectivity index (χ0v) is 20.2. The Bertz CT molecular complexity index is 1170. The van der Waals surface area contributed by atoms with Gasteiger partial charge in [-0.25, -0.2) is 17.5 Å².